The Morgan fingerprint density at radius 3 is 3.00 bits per heavy atom. The number of nitrogens with zero attached hydrogens (tertiary/aromatic N) is 1. The van der Waals surface area contributed by atoms with Crippen molar-refractivity contribution in [1.29, 1.82) is 0 Å². The van der Waals surface area contributed by atoms with E-state index in [1.54, 1.807) is 6.20 Å². The lowest BCUT2D eigenvalue weighted by atomic mass is 10.0. The SMILES string of the molecule is Cc1c(C#CCCO)ccc2cccnc12. The smallest absolute Gasteiger partial charge is 0.0743 e. The molecule has 2 aromatic rings. The van der Waals surface area contributed by atoms with E-state index in [9.17, 15) is 0 Å². The quantitative estimate of drug-likeness (QED) is 0.734. The van der Waals surface area contributed by atoms with Gasteiger partial charge in [-0.2, -0.15) is 0 Å². The van der Waals surface area contributed by atoms with Crippen molar-refractivity contribution in [2.24, 2.45) is 0 Å². The van der Waals surface area contributed by atoms with Crippen molar-refractivity contribution in [3.8, 4) is 11.8 Å². The van der Waals surface area contributed by atoms with Crippen molar-refractivity contribution in [1.82, 2.24) is 4.98 Å². The largest absolute Gasteiger partial charge is 0.395 e. The Labute approximate surface area is 95.0 Å². The molecular weight excluding hydrogens is 198 g/mol. The zero-order valence-corrected chi connectivity index (χ0v) is 9.20. The van der Waals surface area contributed by atoms with Gasteiger partial charge in [-0.15, -0.1) is 0 Å². The molecule has 0 amide bonds. The summed E-state index contributed by atoms with van der Waals surface area (Å²) in [6, 6.07) is 8.00. The van der Waals surface area contributed by atoms with Crippen LogP contribution in [0.25, 0.3) is 10.9 Å². The minimum absolute atomic E-state index is 0.109. The average molecular weight is 211 g/mol. The fourth-order valence-corrected chi connectivity index (χ4v) is 1.64. The van der Waals surface area contributed by atoms with Crippen molar-refractivity contribution in [2.75, 3.05) is 6.61 Å². The van der Waals surface area contributed by atoms with Crippen molar-refractivity contribution >= 4 is 10.9 Å². The summed E-state index contributed by atoms with van der Waals surface area (Å²) in [6.45, 7) is 2.14. The highest BCUT2D eigenvalue weighted by molar-refractivity contribution is 5.83. The highest BCUT2D eigenvalue weighted by atomic mass is 16.2. The van der Waals surface area contributed by atoms with Crippen LogP contribution in [0.3, 0.4) is 0 Å². The lowest BCUT2D eigenvalue weighted by Gasteiger charge is -2.02. The Kier molecular flexibility index (Phi) is 3.19. The van der Waals surface area contributed by atoms with Gasteiger partial charge >= 0.3 is 0 Å². The molecule has 0 saturated heterocycles. The summed E-state index contributed by atoms with van der Waals surface area (Å²) in [5.41, 5.74) is 3.08. The van der Waals surface area contributed by atoms with E-state index in [0.717, 1.165) is 22.0 Å². The Balaban J connectivity index is 2.49. The molecule has 16 heavy (non-hydrogen) atoms. The van der Waals surface area contributed by atoms with E-state index in [4.69, 9.17) is 5.11 Å². The number of hydrogen-bond donors (Lipinski definition) is 1. The molecule has 2 rings (SSSR count). The first-order chi connectivity index (χ1) is 7.83. The predicted molar refractivity (Wildman–Crippen MR) is 65.1 cm³/mol. The van der Waals surface area contributed by atoms with E-state index in [2.05, 4.69) is 16.8 Å². The Bertz CT molecular complexity index is 564. The second-order valence-electron chi connectivity index (χ2n) is 3.59. The molecule has 0 aliphatic heterocycles. The summed E-state index contributed by atoms with van der Waals surface area (Å²) in [5.74, 6) is 5.99. The van der Waals surface area contributed by atoms with Crippen molar-refractivity contribution in [3.63, 3.8) is 0 Å². The summed E-state index contributed by atoms with van der Waals surface area (Å²) >= 11 is 0. The van der Waals surface area contributed by atoms with E-state index in [-0.39, 0.29) is 6.61 Å². The van der Waals surface area contributed by atoms with Crippen LogP contribution in [0.4, 0.5) is 0 Å². The molecule has 1 heterocycles. The number of aromatic nitrogens is 1. The first-order valence-corrected chi connectivity index (χ1v) is 5.27. The van der Waals surface area contributed by atoms with Crippen LogP contribution < -0.4 is 0 Å². The van der Waals surface area contributed by atoms with Crippen molar-refractivity contribution in [3.05, 3.63) is 41.6 Å². The van der Waals surface area contributed by atoms with Crippen LogP contribution in [-0.2, 0) is 0 Å². The van der Waals surface area contributed by atoms with E-state index in [1.165, 1.54) is 0 Å². The van der Waals surface area contributed by atoms with E-state index in [0.29, 0.717) is 6.42 Å². The monoisotopic (exact) mass is 211 g/mol. The summed E-state index contributed by atoms with van der Waals surface area (Å²) < 4.78 is 0. The second kappa shape index (κ2) is 4.78. The van der Waals surface area contributed by atoms with Gasteiger partial charge in [0, 0.05) is 23.6 Å². The van der Waals surface area contributed by atoms with Gasteiger partial charge in [-0.3, -0.25) is 4.98 Å². The van der Waals surface area contributed by atoms with Gasteiger partial charge in [0.2, 0.25) is 0 Å². The van der Waals surface area contributed by atoms with Crippen LogP contribution in [0.15, 0.2) is 30.5 Å². The van der Waals surface area contributed by atoms with Crippen LogP contribution in [0, 0.1) is 18.8 Å². The third-order valence-corrected chi connectivity index (χ3v) is 2.49. The molecule has 0 aliphatic carbocycles. The summed E-state index contributed by atoms with van der Waals surface area (Å²) in [5, 5.41) is 9.80. The molecule has 0 atom stereocenters. The standard InChI is InChI=1S/C14H13NO/c1-11-12(5-2-3-10-16)7-8-13-6-4-9-15-14(11)13/h4,6-9,16H,3,10H2,1H3. The van der Waals surface area contributed by atoms with E-state index >= 15 is 0 Å². The number of hydrogen-bond acceptors (Lipinski definition) is 2. The molecule has 1 aromatic carbocycles. The number of rotatable bonds is 1. The molecule has 1 aromatic heterocycles. The second-order valence-corrected chi connectivity index (χ2v) is 3.59. The third kappa shape index (κ3) is 2.05. The molecule has 2 nitrogen and oxygen atoms in total. The molecule has 0 radical (unpaired) electrons. The molecule has 0 aliphatic rings. The average Bonchev–Trinajstić information content (AvgIpc) is 2.33. The van der Waals surface area contributed by atoms with Gasteiger partial charge in [-0.05, 0) is 24.6 Å². The van der Waals surface area contributed by atoms with E-state index in [1.807, 2.05) is 31.2 Å². The minimum atomic E-state index is 0.109. The highest BCUT2D eigenvalue weighted by Crippen LogP contribution is 2.18. The molecule has 0 fully saturated rings. The fourth-order valence-electron chi connectivity index (χ4n) is 1.64. The van der Waals surface area contributed by atoms with Crippen LogP contribution in [-0.4, -0.2) is 16.7 Å². The number of benzene rings is 1. The number of pyridine rings is 1. The first-order valence-electron chi connectivity index (χ1n) is 5.27. The Hall–Kier alpha value is -1.85. The summed E-state index contributed by atoms with van der Waals surface area (Å²) in [4.78, 5) is 4.35. The maximum atomic E-state index is 8.67. The molecule has 0 saturated carbocycles. The molecule has 0 bridgehead atoms. The first kappa shape index (κ1) is 10.7. The lowest BCUT2D eigenvalue weighted by Crippen LogP contribution is -1.87. The third-order valence-electron chi connectivity index (χ3n) is 2.49. The molecule has 1 N–H and O–H groups in total. The van der Waals surface area contributed by atoms with Crippen LogP contribution in [0.5, 0.6) is 0 Å². The highest BCUT2D eigenvalue weighted by Gasteiger charge is 2.01. The maximum Gasteiger partial charge on any atom is 0.0743 e. The Morgan fingerprint density at radius 2 is 2.19 bits per heavy atom. The van der Waals surface area contributed by atoms with Crippen LogP contribution >= 0.6 is 0 Å². The lowest BCUT2D eigenvalue weighted by molar-refractivity contribution is 0.305. The van der Waals surface area contributed by atoms with Gasteiger partial charge in [0.1, 0.15) is 0 Å². The molecule has 2 heteroatoms. The topological polar surface area (TPSA) is 33.1 Å². The van der Waals surface area contributed by atoms with Crippen LogP contribution in [0.1, 0.15) is 17.5 Å². The molecule has 0 spiro atoms. The molecule has 80 valence electrons. The number of fused-ring (bicyclic) bond motifs is 1. The summed E-state index contributed by atoms with van der Waals surface area (Å²) in [6.07, 6.45) is 2.31. The van der Waals surface area contributed by atoms with Crippen molar-refractivity contribution < 1.29 is 5.11 Å². The van der Waals surface area contributed by atoms with Gasteiger partial charge in [-0.25, -0.2) is 0 Å². The predicted octanol–water partition coefficient (Wildman–Crippen LogP) is 2.28. The van der Waals surface area contributed by atoms with Gasteiger partial charge < -0.3 is 5.11 Å². The number of aliphatic hydroxyl groups excluding tert-OH is 1. The number of aliphatic hydroxyl groups is 1. The number of aryl methyl sites for hydroxylation is 1. The fraction of sp³-hybridized carbons (Fsp3) is 0.214. The van der Waals surface area contributed by atoms with Gasteiger partial charge in [0.25, 0.3) is 0 Å². The van der Waals surface area contributed by atoms with E-state index < -0.39 is 0 Å². The zero-order valence-electron chi connectivity index (χ0n) is 9.20. The maximum absolute atomic E-state index is 8.67. The normalized spacial score (nSPS) is 9.88. The molecular formula is C14H13NO. The van der Waals surface area contributed by atoms with Crippen molar-refractivity contribution in [2.45, 2.75) is 13.3 Å². The molecule has 0 unspecified atom stereocenters. The van der Waals surface area contributed by atoms with Gasteiger partial charge in [-0.1, -0.05) is 24.0 Å². The van der Waals surface area contributed by atoms with Gasteiger partial charge in [0.05, 0.1) is 12.1 Å². The summed E-state index contributed by atoms with van der Waals surface area (Å²) in [7, 11) is 0. The Morgan fingerprint density at radius 1 is 1.31 bits per heavy atom. The minimum Gasteiger partial charge on any atom is -0.395 e. The van der Waals surface area contributed by atoms with Crippen LogP contribution in [0.2, 0.25) is 0 Å². The van der Waals surface area contributed by atoms with Gasteiger partial charge in [0.15, 0.2) is 0 Å². The zero-order chi connectivity index (χ0) is 11.4.